The van der Waals surface area contributed by atoms with E-state index < -0.39 is 97.0 Å². The number of hydrogen-bond donors (Lipinski definition) is 1. The highest BCUT2D eigenvalue weighted by Gasteiger charge is 2.60. The van der Waals surface area contributed by atoms with Crippen LogP contribution in [0.4, 0.5) is 0 Å². The molecule has 14 nitrogen and oxygen atoms in total. The van der Waals surface area contributed by atoms with Gasteiger partial charge >= 0.3 is 17.9 Å². The predicted molar refractivity (Wildman–Crippen MR) is 187 cm³/mol. The zero-order valence-electron chi connectivity index (χ0n) is 30.6. The summed E-state index contributed by atoms with van der Waals surface area (Å²) in [5.41, 5.74) is -0.323. The third-order valence-electron chi connectivity index (χ3n) is 8.74. The van der Waals surface area contributed by atoms with Crippen molar-refractivity contribution >= 4 is 23.7 Å². The van der Waals surface area contributed by atoms with Crippen LogP contribution < -0.4 is 0 Å². The summed E-state index contributed by atoms with van der Waals surface area (Å²) in [5, 5.41) is 12.0. The van der Waals surface area contributed by atoms with Gasteiger partial charge in [-0.05, 0) is 71.0 Å². The Morgan fingerprint density at radius 2 is 1.33 bits per heavy atom. The molecule has 3 aromatic carbocycles. The maximum atomic E-state index is 14.3. The first-order valence-electron chi connectivity index (χ1n) is 17.6. The summed E-state index contributed by atoms with van der Waals surface area (Å²) in [6.07, 6.45) is -9.21. The SMILES string of the molecule is CC(C)(C)O[C@H]1[C@@H]2OC(C)(C)O[C@@H]2CO[C@@]1(O)CO[C@@H]1O[C@H](COC(=O)c2ccccc2)[C@@H](OC(=O)c2ccccc2)[C@H](OC(=O)c2ccccc2)C1=O. The first-order valence-corrected chi connectivity index (χ1v) is 17.6. The van der Waals surface area contributed by atoms with Crippen molar-refractivity contribution in [3.05, 3.63) is 108 Å². The summed E-state index contributed by atoms with van der Waals surface area (Å²) in [5.74, 6) is -6.65. The summed E-state index contributed by atoms with van der Waals surface area (Å²) in [7, 11) is 0. The number of carbonyl (C=O) groups excluding carboxylic acids is 4. The van der Waals surface area contributed by atoms with Crippen LogP contribution in [-0.2, 0) is 47.4 Å². The minimum atomic E-state index is -2.19. The lowest BCUT2D eigenvalue weighted by atomic mass is 9.95. The average Bonchev–Trinajstić information content (AvgIpc) is 3.48. The van der Waals surface area contributed by atoms with Crippen molar-refractivity contribution in [1.29, 1.82) is 0 Å². The number of carbonyl (C=O) groups is 4. The number of ether oxygens (including phenoxy) is 9. The Hall–Kier alpha value is -4.54. The Morgan fingerprint density at radius 3 is 1.89 bits per heavy atom. The Bertz CT molecular complexity index is 1780. The molecule has 3 aliphatic heterocycles. The molecule has 0 spiro atoms. The molecule has 0 unspecified atom stereocenters. The average molecular weight is 749 g/mol. The van der Waals surface area contributed by atoms with Crippen LogP contribution in [0.2, 0.25) is 0 Å². The van der Waals surface area contributed by atoms with E-state index in [1.807, 2.05) is 0 Å². The van der Waals surface area contributed by atoms with Gasteiger partial charge in [-0.15, -0.1) is 0 Å². The summed E-state index contributed by atoms with van der Waals surface area (Å²) in [6.45, 7) is 7.47. The molecular weight excluding hydrogens is 704 g/mol. The number of esters is 3. The molecule has 6 rings (SSSR count). The quantitative estimate of drug-likeness (QED) is 0.220. The highest BCUT2D eigenvalue weighted by Crippen LogP contribution is 2.41. The third kappa shape index (κ3) is 9.21. The van der Waals surface area contributed by atoms with Gasteiger partial charge in [0.2, 0.25) is 24.0 Å². The van der Waals surface area contributed by atoms with Gasteiger partial charge in [-0.2, -0.15) is 0 Å². The van der Waals surface area contributed by atoms with Gasteiger partial charge in [0.15, 0.2) is 11.9 Å². The molecule has 0 radical (unpaired) electrons. The molecule has 0 bridgehead atoms. The lowest BCUT2D eigenvalue weighted by Crippen LogP contribution is -2.65. The second-order valence-corrected chi connectivity index (χ2v) is 14.6. The van der Waals surface area contributed by atoms with E-state index in [1.54, 1.807) is 101 Å². The van der Waals surface area contributed by atoms with Crippen molar-refractivity contribution in [3.8, 4) is 0 Å². The van der Waals surface area contributed by atoms with Crippen LogP contribution >= 0.6 is 0 Å². The van der Waals surface area contributed by atoms with E-state index in [1.165, 1.54) is 24.3 Å². The molecule has 14 heteroatoms. The van der Waals surface area contributed by atoms with Crippen molar-refractivity contribution in [2.75, 3.05) is 19.8 Å². The van der Waals surface area contributed by atoms with Crippen molar-refractivity contribution in [3.63, 3.8) is 0 Å². The molecule has 1 N–H and O–H groups in total. The number of Topliss-reactive ketones (excluding diaryl/α,β-unsaturated/α-hetero) is 1. The fourth-order valence-electron chi connectivity index (χ4n) is 6.32. The van der Waals surface area contributed by atoms with E-state index in [4.69, 9.17) is 42.6 Å². The second-order valence-electron chi connectivity index (χ2n) is 14.6. The summed E-state index contributed by atoms with van der Waals surface area (Å²) >= 11 is 0. The fraction of sp³-hybridized carbons (Fsp3) is 0.450. The molecule has 0 saturated carbocycles. The maximum absolute atomic E-state index is 14.3. The largest absolute Gasteiger partial charge is 0.459 e. The molecule has 54 heavy (non-hydrogen) atoms. The van der Waals surface area contributed by atoms with Crippen LogP contribution in [0.1, 0.15) is 65.7 Å². The number of ketones is 1. The molecule has 288 valence electrons. The molecule has 0 aromatic heterocycles. The van der Waals surface area contributed by atoms with Crippen LogP contribution in [-0.4, -0.2) is 109 Å². The minimum Gasteiger partial charge on any atom is -0.459 e. The van der Waals surface area contributed by atoms with E-state index in [-0.39, 0.29) is 23.3 Å². The molecule has 0 amide bonds. The highest BCUT2D eigenvalue weighted by molar-refractivity contribution is 5.95. The lowest BCUT2D eigenvalue weighted by molar-refractivity contribution is -0.355. The number of fused-ring (bicyclic) bond motifs is 1. The smallest absolute Gasteiger partial charge is 0.338 e. The summed E-state index contributed by atoms with van der Waals surface area (Å²) in [4.78, 5) is 54.1. The third-order valence-corrected chi connectivity index (χ3v) is 8.74. The monoisotopic (exact) mass is 748 g/mol. The predicted octanol–water partition coefficient (Wildman–Crippen LogP) is 4.03. The second kappa shape index (κ2) is 16.1. The minimum absolute atomic E-state index is 0.0929. The van der Waals surface area contributed by atoms with Crippen molar-refractivity contribution in [2.45, 2.75) is 94.7 Å². The standard InChI is InChI=1S/C40H44O14/c1-38(2,3)54-33-31-28(52-39(4,5)53-31)22-48-40(33,45)23-47-37-29(41)32(51-36(44)26-19-13-8-14-20-26)30(50-35(43)25-17-11-7-12-18-25)27(49-37)21-46-34(42)24-15-9-6-10-16-24/h6-20,27-28,30-33,37,45H,21-23H2,1-5H3/t27-,28-,30-,31-,32-,33+,37-,40+/m1/s1. The van der Waals surface area contributed by atoms with Gasteiger partial charge in [0.05, 0.1) is 28.9 Å². The van der Waals surface area contributed by atoms with Crippen molar-refractivity contribution in [1.82, 2.24) is 0 Å². The van der Waals surface area contributed by atoms with Gasteiger partial charge in [-0.1, -0.05) is 54.6 Å². The Balaban J connectivity index is 1.30. The first-order chi connectivity index (χ1) is 25.6. The zero-order chi connectivity index (χ0) is 38.7. The zero-order valence-corrected chi connectivity index (χ0v) is 30.6. The molecule has 3 heterocycles. The normalized spacial score (nSPS) is 29.1. The van der Waals surface area contributed by atoms with Gasteiger partial charge in [-0.3, -0.25) is 4.79 Å². The Morgan fingerprint density at radius 1 is 0.796 bits per heavy atom. The van der Waals surface area contributed by atoms with Crippen LogP contribution in [0.3, 0.4) is 0 Å². The van der Waals surface area contributed by atoms with Crippen LogP contribution in [0.25, 0.3) is 0 Å². The van der Waals surface area contributed by atoms with Gasteiger partial charge in [-0.25, -0.2) is 14.4 Å². The van der Waals surface area contributed by atoms with E-state index >= 15 is 0 Å². The van der Waals surface area contributed by atoms with Crippen LogP contribution in [0, 0.1) is 0 Å². The topological polar surface area (TPSA) is 172 Å². The first kappa shape index (κ1) is 39.2. The summed E-state index contributed by atoms with van der Waals surface area (Å²) in [6, 6.07) is 24.0. The molecule has 3 saturated heterocycles. The number of hydrogen-bond acceptors (Lipinski definition) is 14. The number of rotatable bonds is 11. The molecular formula is C40H44O14. The van der Waals surface area contributed by atoms with Gasteiger partial charge < -0.3 is 47.7 Å². The molecule has 0 aliphatic carbocycles. The van der Waals surface area contributed by atoms with Crippen molar-refractivity contribution in [2.24, 2.45) is 0 Å². The van der Waals surface area contributed by atoms with Crippen LogP contribution in [0.5, 0.6) is 0 Å². The highest BCUT2D eigenvalue weighted by atomic mass is 16.8. The Kier molecular flexibility index (Phi) is 11.6. The molecule has 3 aliphatic rings. The van der Waals surface area contributed by atoms with E-state index in [0.717, 1.165) is 0 Å². The lowest BCUT2D eigenvalue weighted by Gasteiger charge is -2.46. The van der Waals surface area contributed by atoms with Gasteiger partial charge in [0.1, 0.15) is 37.6 Å². The van der Waals surface area contributed by atoms with Gasteiger partial charge in [0.25, 0.3) is 0 Å². The summed E-state index contributed by atoms with van der Waals surface area (Å²) < 4.78 is 53.4. The van der Waals surface area contributed by atoms with Gasteiger partial charge in [0, 0.05) is 0 Å². The van der Waals surface area contributed by atoms with E-state index in [0.29, 0.717) is 0 Å². The fourth-order valence-corrected chi connectivity index (χ4v) is 6.32. The number of aliphatic hydroxyl groups is 1. The maximum Gasteiger partial charge on any atom is 0.338 e. The molecule has 3 fully saturated rings. The molecule has 8 atom stereocenters. The van der Waals surface area contributed by atoms with E-state index in [9.17, 15) is 24.3 Å². The Labute approximate surface area is 312 Å². The number of benzene rings is 3. The van der Waals surface area contributed by atoms with Crippen LogP contribution in [0.15, 0.2) is 91.0 Å². The van der Waals surface area contributed by atoms with Crippen molar-refractivity contribution < 1.29 is 66.9 Å². The molecule has 3 aromatic rings. The van der Waals surface area contributed by atoms with E-state index in [2.05, 4.69) is 0 Å².